The number of carbonyl (C=O) groups is 1. The van der Waals surface area contributed by atoms with Crippen molar-refractivity contribution >= 4 is 11.8 Å². The van der Waals surface area contributed by atoms with Crippen LogP contribution in [0.5, 0.6) is 0 Å². The van der Waals surface area contributed by atoms with Gasteiger partial charge in [0.05, 0.1) is 0 Å². The maximum Gasteiger partial charge on any atom is 0.412 e. The van der Waals surface area contributed by atoms with E-state index in [1.54, 1.807) is 32.9 Å². The molecule has 1 rings (SSSR count). The summed E-state index contributed by atoms with van der Waals surface area (Å²) in [6.07, 6.45) is 1.46. The topological polar surface area (TPSA) is 38.3 Å². The van der Waals surface area contributed by atoms with Crippen LogP contribution in [-0.4, -0.2) is 11.7 Å². The molecule has 4 heteroatoms. The molecule has 1 N–H and O–H groups in total. The summed E-state index contributed by atoms with van der Waals surface area (Å²) in [4.78, 5) is 11.5. The van der Waals surface area contributed by atoms with Crippen molar-refractivity contribution in [2.24, 2.45) is 0 Å². The molecule has 1 aromatic rings. The van der Waals surface area contributed by atoms with E-state index in [9.17, 15) is 9.18 Å². The lowest BCUT2D eigenvalue weighted by Gasteiger charge is -2.19. The third-order valence-electron chi connectivity index (χ3n) is 2.06. The van der Waals surface area contributed by atoms with Gasteiger partial charge in [-0.3, -0.25) is 5.32 Å². The van der Waals surface area contributed by atoms with Crippen LogP contribution in [0.3, 0.4) is 0 Å². The van der Waals surface area contributed by atoms with Gasteiger partial charge in [0.2, 0.25) is 0 Å². The van der Waals surface area contributed by atoms with Crippen molar-refractivity contribution in [1.29, 1.82) is 0 Å². The summed E-state index contributed by atoms with van der Waals surface area (Å²) in [7, 11) is 0. The molecule has 0 aliphatic carbocycles. The van der Waals surface area contributed by atoms with Crippen molar-refractivity contribution in [3.8, 4) is 0 Å². The van der Waals surface area contributed by atoms with Gasteiger partial charge in [-0.15, -0.1) is 6.58 Å². The molecule has 0 saturated carbocycles. The third kappa shape index (κ3) is 4.57. The molecule has 0 aliphatic rings. The fourth-order valence-corrected chi connectivity index (χ4v) is 1.39. The molecule has 1 amide bonds. The summed E-state index contributed by atoms with van der Waals surface area (Å²) in [6.45, 7) is 8.89. The summed E-state index contributed by atoms with van der Waals surface area (Å²) >= 11 is 0. The van der Waals surface area contributed by atoms with Crippen molar-refractivity contribution in [1.82, 2.24) is 0 Å². The second-order valence-corrected chi connectivity index (χ2v) is 4.93. The van der Waals surface area contributed by atoms with Gasteiger partial charge in [0.1, 0.15) is 11.4 Å². The highest BCUT2D eigenvalue weighted by molar-refractivity contribution is 5.84. The van der Waals surface area contributed by atoms with Gasteiger partial charge in [-0.2, -0.15) is 0 Å². The van der Waals surface area contributed by atoms with E-state index in [2.05, 4.69) is 11.9 Å². The standard InChI is InChI=1S/C14H18FNO2/c1-5-6-10-9-11(7-8-12(10)15)16-13(17)18-14(2,3)4/h5,7-9H,1,6H2,2-4H3,(H,16,17). The largest absolute Gasteiger partial charge is 0.444 e. The van der Waals surface area contributed by atoms with Crippen LogP contribution >= 0.6 is 0 Å². The molecule has 0 aromatic heterocycles. The summed E-state index contributed by atoms with van der Waals surface area (Å²) in [6, 6.07) is 4.37. The van der Waals surface area contributed by atoms with Crippen LogP contribution in [-0.2, 0) is 11.2 Å². The lowest BCUT2D eigenvalue weighted by molar-refractivity contribution is 0.0636. The van der Waals surface area contributed by atoms with E-state index in [0.717, 1.165) is 0 Å². The first kappa shape index (κ1) is 14.2. The van der Waals surface area contributed by atoms with Gasteiger partial charge in [-0.25, -0.2) is 9.18 Å². The Labute approximate surface area is 107 Å². The van der Waals surface area contributed by atoms with Gasteiger partial charge < -0.3 is 4.74 Å². The fourth-order valence-electron chi connectivity index (χ4n) is 1.39. The number of benzene rings is 1. The van der Waals surface area contributed by atoms with Crippen LogP contribution in [0.1, 0.15) is 26.3 Å². The van der Waals surface area contributed by atoms with Crippen LogP contribution in [0.2, 0.25) is 0 Å². The molecule has 0 saturated heterocycles. The second kappa shape index (κ2) is 5.67. The molecule has 0 spiro atoms. The first-order chi connectivity index (χ1) is 8.31. The fraction of sp³-hybridized carbons (Fsp3) is 0.357. The Kier molecular flexibility index (Phi) is 4.48. The maximum atomic E-state index is 13.4. The Balaban J connectivity index is 2.76. The normalized spacial score (nSPS) is 10.9. The molecule has 0 atom stereocenters. The predicted octanol–water partition coefficient (Wildman–Crippen LogP) is 3.90. The molecule has 0 heterocycles. The summed E-state index contributed by atoms with van der Waals surface area (Å²) in [5, 5.41) is 2.56. The van der Waals surface area contributed by atoms with Crippen LogP contribution in [0, 0.1) is 5.82 Å². The van der Waals surface area contributed by atoms with E-state index >= 15 is 0 Å². The molecule has 1 aromatic carbocycles. The minimum atomic E-state index is -0.561. The average molecular weight is 251 g/mol. The van der Waals surface area contributed by atoms with Crippen molar-refractivity contribution < 1.29 is 13.9 Å². The van der Waals surface area contributed by atoms with Crippen LogP contribution in [0.25, 0.3) is 0 Å². The quantitative estimate of drug-likeness (QED) is 0.827. The molecule has 3 nitrogen and oxygen atoms in total. The Morgan fingerprint density at radius 1 is 1.50 bits per heavy atom. The molecule has 18 heavy (non-hydrogen) atoms. The SMILES string of the molecule is C=CCc1cc(NC(=O)OC(C)(C)C)ccc1F. The van der Waals surface area contributed by atoms with Crippen molar-refractivity contribution in [3.05, 3.63) is 42.2 Å². The zero-order chi connectivity index (χ0) is 13.8. The van der Waals surface area contributed by atoms with Crippen molar-refractivity contribution in [3.63, 3.8) is 0 Å². The molecule has 0 unspecified atom stereocenters. The highest BCUT2D eigenvalue weighted by Crippen LogP contribution is 2.17. The van der Waals surface area contributed by atoms with E-state index in [1.807, 2.05) is 0 Å². The minimum Gasteiger partial charge on any atom is -0.444 e. The number of anilines is 1. The summed E-state index contributed by atoms with van der Waals surface area (Å²) in [5.74, 6) is -0.315. The number of allylic oxidation sites excluding steroid dienone is 1. The number of rotatable bonds is 3. The Morgan fingerprint density at radius 3 is 2.72 bits per heavy atom. The molecule has 0 fully saturated rings. The van der Waals surface area contributed by atoms with E-state index in [1.165, 1.54) is 12.1 Å². The zero-order valence-corrected chi connectivity index (χ0v) is 10.9. The summed E-state index contributed by atoms with van der Waals surface area (Å²) < 4.78 is 18.5. The molecule has 0 aliphatic heterocycles. The molecule has 98 valence electrons. The number of nitrogens with one attached hydrogen (secondary N) is 1. The van der Waals surface area contributed by atoms with E-state index in [4.69, 9.17) is 4.74 Å². The lowest BCUT2D eigenvalue weighted by atomic mass is 10.1. The van der Waals surface area contributed by atoms with Gasteiger partial charge in [0.15, 0.2) is 0 Å². The van der Waals surface area contributed by atoms with Crippen LogP contribution in [0.15, 0.2) is 30.9 Å². The number of hydrogen-bond acceptors (Lipinski definition) is 2. The Bertz CT molecular complexity index is 450. The Hall–Kier alpha value is -1.84. The first-order valence-corrected chi connectivity index (χ1v) is 5.71. The minimum absolute atomic E-state index is 0.315. The van der Waals surface area contributed by atoms with E-state index in [0.29, 0.717) is 17.7 Å². The monoisotopic (exact) mass is 251 g/mol. The molecule has 0 bridgehead atoms. The lowest BCUT2D eigenvalue weighted by Crippen LogP contribution is -2.27. The number of carbonyl (C=O) groups excluding carboxylic acids is 1. The highest BCUT2D eigenvalue weighted by Gasteiger charge is 2.16. The maximum absolute atomic E-state index is 13.4. The smallest absolute Gasteiger partial charge is 0.412 e. The van der Waals surface area contributed by atoms with Gasteiger partial charge in [0, 0.05) is 5.69 Å². The number of ether oxygens (including phenoxy) is 1. The van der Waals surface area contributed by atoms with Crippen molar-refractivity contribution in [2.45, 2.75) is 32.8 Å². The van der Waals surface area contributed by atoms with Gasteiger partial charge in [-0.05, 0) is 51.0 Å². The van der Waals surface area contributed by atoms with Crippen molar-refractivity contribution in [2.75, 3.05) is 5.32 Å². The van der Waals surface area contributed by atoms with Gasteiger partial charge >= 0.3 is 6.09 Å². The number of hydrogen-bond donors (Lipinski definition) is 1. The molecule has 0 radical (unpaired) electrons. The third-order valence-corrected chi connectivity index (χ3v) is 2.06. The number of amides is 1. The van der Waals surface area contributed by atoms with Crippen LogP contribution in [0.4, 0.5) is 14.9 Å². The predicted molar refractivity (Wildman–Crippen MR) is 70.2 cm³/mol. The van der Waals surface area contributed by atoms with Gasteiger partial charge in [0.25, 0.3) is 0 Å². The zero-order valence-electron chi connectivity index (χ0n) is 10.9. The Morgan fingerprint density at radius 2 is 2.17 bits per heavy atom. The first-order valence-electron chi connectivity index (χ1n) is 5.71. The number of halogens is 1. The highest BCUT2D eigenvalue weighted by atomic mass is 19.1. The molecular weight excluding hydrogens is 233 g/mol. The summed E-state index contributed by atoms with van der Waals surface area (Å²) in [5.41, 5.74) is 0.426. The molecular formula is C14H18FNO2. The second-order valence-electron chi connectivity index (χ2n) is 4.93. The average Bonchev–Trinajstić information content (AvgIpc) is 2.20. The van der Waals surface area contributed by atoms with E-state index in [-0.39, 0.29) is 5.82 Å². The van der Waals surface area contributed by atoms with Gasteiger partial charge in [-0.1, -0.05) is 6.08 Å². The van der Waals surface area contributed by atoms with E-state index < -0.39 is 11.7 Å². The van der Waals surface area contributed by atoms with Crippen LogP contribution < -0.4 is 5.32 Å².